The summed E-state index contributed by atoms with van der Waals surface area (Å²) in [5.74, 6) is 0.980. The van der Waals surface area contributed by atoms with E-state index in [1.54, 1.807) is 11.3 Å². The molecule has 2 rings (SSSR count). The Kier molecular flexibility index (Phi) is 10.2. The molecule has 2 N–H and O–H groups in total. The molecule has 0 unspecified atom stereocenters. The van der Waals surface area contributed by atoms with Gasteiger partial charge in [-0.1, -0.05) is 6.92 Å². The highest BCUT2D eigenvalue weighted by atomic mass is 127. The van der Waals surface area contributed by atoms with Crippen LogP contribution in [0.15, 0.2) is 11.2 Å². The van der Waals surface area contributed by atoms with E-state index in [4.69, 9.17) is 0 Å². The van der Waals surface area contributed by atoms with Gasteiger partial charge in [-0.3, -0.25) is 4.79 Å². The summed E-state index contributed by atoms with van der Waals surface area (Å²) in [6, 6.07) is 0. The van der Waals surface area contributed by atoms with Crippen LogP contribution in [-0.2, 0) is 17.8 Å². The molecule has 1 saturated heterocycles. The second-order valence-electron chi connectivity index (χ2n) is 5.53. The third-order valence-electron chi connectivity index (χ3n) is 3.76. The van der Waals surface area contributed by atoms with Crippen molar-refractivity contribution >= 4 is 47.2 Å². The van der Waals surface area contributed by atoms with E-state index in [0.717, 1.165) is 49.9 Å². The molecule has 1 aliphatic rings. The van der Waals surface area contributed by atoms with Gasteiger partial charge in [-0.05, 0) is 26.2 Å². The number of thiazole rings is 1. The van der Waals surface area contributed by atoms with Gasteiger partial charge in [-0.25, -0.2) is 9.98 Å². The number of likely N-dealkylation sites (tertiary alicyclic amines) is 1. The fourth-order valence-corrected chi connectivity index (χ4v) is 3.27. The molecule has 1 aromatic heterocycles. The first kappa shape index (κ1) is 21.1. The second kappa shape index (κ2) is 11.6. The van der Waals surface area contributed by atoms with Gasteiger partial charge in [0, 0.05) is 43.7 Å². The van der Waals surface area contributed by atoms with Crippen LogP contribution in [0.5, 0.6) is 0 Å². The average molecular weight is 465 g/mol. The molecule has 6 nitrogen and oxygen atoms in total. The summed E-state index contributed by atoms with van der Waals surface area (Å²) in [4.78, 5) is 24.2. The van der Waals surface area contributed by atoms with Crippen molar-refractivity contribution in [3.8, 4) is 0 Å². The van der Waals surface area contributed by atoms with Gasteiger partial charge in [-0.2, -0.15) is 0 Å². The van der Waals surface area contributed by atoms with E-state index in [1.165, 1.54) is 4.88 Å². The van der Waals surface area contributed by atoms with Crippen molar-refractivity contribution in [1.29, 1.82) is 0 Å². The molecule has 24 heavy (non-hydrogen) atoms. The topological polar surface area (TPSA) is 69.6 Å². The molecular weight excluding hydrogens is 437 g/mol. The molecule has 0 spiro atoms. The fourth-order valence-electron chi connectivity index (χ4n) is 2.49. The minimum absolute atomic E-state index is 0. The molecular formula is C16H28IN5OS. The zero-order chi connectivity index (χ0) is 16.5. The Bertz CT molecular complexity index is 528. The molecule has 0 bridgehead atoms. The summed E-state index contributed by atoms with van der Waals surface area (Å²) in [5.41, 5.74) is 0. The monoisotopic (exact) mass is 465 g/mol. The Morgan fingerprint density at radius 2 is 2.08 bits per heavy atom. The number of aromatic nitrogens is 1. The van der Waals surface area contributed by atoms with E-state index < -0.39 is 0 Å². The maximum absolute atomic E-state index is 12.0. The van der Waals surface area contributed by atoms with Crippen LogP contribution < -0.4 is 10.6 Å². The molecule has 8 heteroatoms. The number of aliphatic imine (C=N–C) groups is 1. The molecule has 2 heterocycles. The molecule has 0 radical (unpaired) electrons. The van der Waals surface area contributed by atoms with E-state index >= 15 is 0 Å². The molecule has 0 aliphatic carbocycles. The molecule has 136 valence electrons. The number of guanidine groups is 1. The van der Waals surface area contributed by atoms with Crippen molar-refractivity contribution in [2.75, 3.05) is 26.2 Å². The number of carbonyl (C=O) groups excluding carboxylic acids is 1. The molecule has 1 aromatic rings. The van der Waals surface area contributed by atoms with E-state index in [-0.39, 0.29) is 29.9 Å². The largest absolute Gasteiger partial charge is 0.357 e. The van der Waals surface area contributed by atoms with Gasteiger partial charge < -0.3 is 15.5 Å². The summed E-state index contributed by atoms with van der Waals surface area (Å²) in [5, 5.41) is 7.46. The van der Waals surface area contributed by atoms with Crippen LogP contribution >= 0.6 is 35.3 Å². The van der Waals surface area contributed by atoms with Gasteiger partial charge in [0.05, 0.1) is 6.54 Å². The SMILES string of the molecule is CCNC(=NCc1ncc(CC)s1)NCCC(=O)N1CCCC1.I. The average Bonchev–Trinajstić information content (AvgIpc) is 3.23. The number of amides is 1. The molecule has 1 fully saturated rings. The Morgan fingerprint density at radius 3 is 2.71 bits per heavy atom. The summed E-state index contributed by atoms with van der Waals surface area (Å²) >= 11 is 1.70. The second-order valence-corrected chi connectivity index (χ2v) is 6.73. The first-order valence-corrected chi connectivity index (χ1v) is 9.28. The third kappa shape index (κ3) is 6.92. The van der Waals surface area contributed by atoms with Crippen molar-refractivity contribution in [2.24, 2.45) is 4.99 Å². The maximum atomic E-state index is 12.0. The fraction of sp³-hybridized carbons (Fsp3) is 0.688. The van der Waals surface area contributed by atoms with E-state index in [0.29, 0.717) is 19.5 Å². The highest BCUT2D eigenvalue weighted by molar-refractivity contribution is 14.0. The van der Waals surface area contributed by atoms with Crippen molar-refractivity contribution in [1.82, 2.24) is 20.5 Å². The highest BCUT2D eigenvalue weighted by Crippen LogP contribution is 2.14. The number of halogens is 1. The number of hydrogen-bond donors (Lipinski definition) is 2. The Hall–Kier alpha value is -0.900. The molecule has 0 atom stereocenters. The van der Waals surface area contributed by atoms with Crippen LogP contribution in [0, 0.1) is 0 Å². The van der Waals surface area contributed by atoms with Gasteiger partial charge in [0.2, 0.25) is 5.91 Å². The summed E-state index contributed by atoms with van der Waals surface area (Å²) in [6.45, 7) is 7.96. The van der Waals surface area contributed by atoms with Gasteiger partial charge in [0.1, 0.15) is 5.01 Å². The zero-order valence-corrected chi connectivity index (χ0v) is 17.7. The van der Waals surface area contributed by atoms with Gasteiger partial charge in [0.15, 0.2) is 5.96 Å². The van der Waals surface area contributed by atoms with Gasteiger partial charge in [-0.15, -0.1) is 35.3 Å². The Morgan fingerprint density at radius 1 is 1.33 bits per heavy atom. The number of nitrogens with zero attached hydrogens (tertiary/aromatic N) is 3. The predicted molar refractivity (Wildman–Crippen MR) is 110 cm³/mol. The lowest BCUT2D eigenvalue weighted by atomic mass is 10.3. The first-order chi connectivity index (χ1) is 11.2. The zero-order valence-electron chi connectivity index (χ0n) is 14.5. The van der Waals surface area contributed by atoms with Gasteiger partial charge >= 0.3 is 0 Å². The van der Waals surface area contributed by atoms with Crippen molar-refractivity contribution < 1.29 is 4.79 Å². The molecule has 0 aromatic carbocycles. The minimum Gasteiger partial charge on any atom is -0.357 e. The number of aryl methyl sites for hydroxylation is 1. The maximum Gasteiger partial charge on any atom is 0.224 e. The van der Waals surface area contributed by atoms with Crippen LogP contribution in [0.4, 0.5) is 0 Å². The summed E-state index contributed by atoms with van der Waals surface area (Å²) in [7, 11) is 0. The van der Waals surface area contributed by atoms with Crippen LogP contribution in [-0.4, -0.2) is 47.9 Å². The van der Waals surface area contributed by atoms with Gasteiger partial charge in [0.25, 0.3) is 0 Å². The van der Waals surface area contributed by atoms with E-state index in [1.807, 2.05) is 18.0 Å². The van der Waals surface area contributed by atoms with Crippen LogP contribution in [0.2, 0.25) is 0 Å². The van der Waals surface area contributed by atoms with Crippen LogP contribution in [0.3, 0.4) is 0 Å². The van der Waals surface area contributed by atoms with Crippen LogP contribution in [0.25, 0.3) is 0 Å². The number of carbonyl (C=O) groups is 1. The summed E-state index contributed by atoms with van der Waals surface area (Å²) in [6.07, 6.45) is 5.72. The lowest BCUT2D eigenvalue weighted by molar-refractivity contribution is -0.129. The first-order valence-electron chi connectivity index (χ1n) is 8.46. The standard InChI is InChI=1S/C16H27N5OS.HI/c1-3-13-11-19-14(23-13)12-20-16(17-4-2)18-8-7-15(22)21-9-5-6-10-21;/h11H,3-10,12H2,1-2H3,(H2,17,18,20);1H. The minimum atomic E-state index is 0. The number of hydrogen-bond acceptors (Lipinski definition) is 4. The van der Waals surface area contributed by atoms with Crippen LogP contribution in [0.1, 0.15) is 43.0 Å². The third-order valence-corrected chi connectivity index (χ3v) is 4.88. The highest BCUT2D eigenvalue weighted by Gasteiger charge is 2.17. The number of nitrogens with one attached hydrogen (secondary N) is 2. The van der Waals surface area contributed by atoms with E-state index in [9.17, 15) is 4.79 Å². The van der Waals surface area contributed by atoms with Crippen molar-refractivity contribution in [3.05, 3.63) is 16.1 Å². The quantitative estimate of drug-likeness (QED) is 0.369. The normalized spacial score (nSPS) is 14.4. The lowest BCUT2D eigenvalue weighted by Gasteiger charge is -2.16. The smallest absolute Gasteiger partial charge is 0.224 e. The molecule has 1 aliphatic heterocycles. The Labute approximate surface area is 165 Å². The van der Waals surface area contributed by atoms with Crippen molar-refractivity contribution in [3.63, 3.8) is 0 Å². The van der Waals surface area contributed by atoms with E-state index in [2.05, 4.69) is 27.5 Å². The molecule has 0 saturated carbocycles. The number of rotatable bonds is 7. The Balaban J connectivity index is 0.00000288. The summed E-state index contributed by atoms with van der Waals surface area (Å²) < 4.78 is 0. The predicted octanol–water partition coefficient (Wildman–Crippen LogP) is 2.39. The van der Waals surface area contributed by atoms with Crippen molar-refractivity contribution in [2.45, 2.75) is 46.1 Å². The lowest BCUT2D eigenvalue weighted by Crippen LogP contribution is -2.39. The molecule has 1 amide bonds.